The molecule has 0 fully saturated rings. The van der Waals surface area contributed by atoms with Crippen molar-refractivity contribution in [3.8, 4) is 10.9 Å². The van der Waals surface area contributed by atoms with Crippen LogP contribution in [0.3, 0.4) is 0 Å². The largest absolute Gasteiger partial charge is 0.431 e. The molecule has 0 amide bonds. The van der Waals surface area contributed by atoms with Gasteiger partial charge >= 0.3 is 0 Å². The number of aromatic nitrogens is 1. The van der Waals surface area contributed by atoms with E-state index in [-0.39, 0.29) is 11.8 Å². The van der Waals surface area contributed by atoms with Crippen molar-refractivity contribution in [1.82, 2.24) is 4.98 Å². The molecule has 20 heavy (non-hydrogen) atoms. The number of fused-ring (bicyclic) bond motifs is 1. The quantitative estimate of drug-likeness (QED) is 0.705. The van der Waals surface area contributed by atoms with Crippen LogP contribution in [0.5, 0.6) is 10.9 Å². The number of halogens is 2. The van der Waals surface area contributed by atoms with Gasteiger partial charge in [-0.2, -0.15) is 4.98 Å². The van der Waals surface area contributed by atoms with Gasteiger partial charge in [0.15, 0.2) is 0 Å². The molecular weight excluding hydrogens is 362 g/mol. The molecule has 1 heterocycles. The Kier molecular flexibility index (Phi) is 3.94. The summed E-state index contributed by atoms with van der Waals surface area (Å²) in [4.78, 5) is 4.67. The van der Waals surface area contributed by atoms with Gasteiger partial charge in [-0.1, -0.05) is 51.0 Å². The fourth-order valence-corrected chi connectivity index (χ4v) is 3.17. The number of aliphatic hydroxyl groups is 1. The molecule has 3 rings (SSSR count). The lowest BCUT2D eigenvalue weighted by Crippen LogP contribution is -1.83. The van der Waals surface area contributed by atoms with Crippen molar-refractivity contribution in [3.05, 3.63) is 50.9 Å². The van der Waals surface area contributed by atoms with Crippen molar-refractivity contribution >= 4 is 49.6 Å². The molecular formula is C14H9BrClNO2S. The van der Waals surface area contributed by atoms with Gasteiger partial charge in [0.05, 0.1) is 11.5 Å². The Balaban J connectivity index is 1.92. The van der Waals surface area contributed by atoms with Crippen LogP contribution in [0.4, 0.5) is 0 Å². The molecule has 0 spiro atoms. The number of rotatable bonds is 3. The lowest BCUT2D eigenvalue weighted by atomic mass is 10.1. The van der Waals surface area contributed by atoms with Crippen LogP contribution in [0.15, 0.2) is 40.9 Å². The Morgan fingerprint density at radius 1 is 1.20 bits per heavy atom. The number of aliphatic hydroxyl groups excluding tert-OH is 1. The summed E-state index contributed by atoms with van der Waals surface area (Å²) in [5.41, 5.74) is 0. The minimum atomic E-state index is -0.133. The van der Waals surface area contributed by atoms with Crippen LogP contribution in [0.2, 0.25) is 5.15 Å². The minimum Gasteiger partial charge on any atom is -0.431 e. The van der Waals surface area contributed by atoms with Gasteiger partial charge < -0.3 is 9.84 Å². The van der Waals surface area contributed by atoms with E-state index in [0.717, 1.165) is 15.2 Å². The first-order valence-electron chi connectivity index (χ1n) is 5.79. The number of ether oxygens (including phenoxy) is 1. The Morgan fingerprint density at radius 3 is 2.70 bits per heavy atom. The molecule has 0 aliphatic heterocycles. The minimum absolute atomic E-state index is 0.133. The van der Waals surface area contributed by atoms with Crippen LogP contribution < -0.4 is 4.74 Å². The second-order valence-electron chi connectivity index (χ2n) is 4.11. The normalized spacial score (nSPS) is 10.9. The Labute approximate surface area is 132 Å². The molecule has 0 bridgehead atoms. The summed E-state index contributed by atoms with van der Waals surface area (Å²) in [5.74, 6) is 0.690. The molecule has 3 aromatic rings. The second kappa shape index (κ2) is 5.69. The summed E-state index contributed by atoms with van der Waals surface area (Å²) in [6, 6.07) is 11.8. The Morgan fingerprint density at radius 2 is 1.95 bits per heavy atom. The molecule has 0 aliphatic carbocycles. The Bertz CT molecular complexity index is 775. The van der Waals surface area contributed by atoms with E-state index in [0.29, 0.717) is 15.8 Å². The number of hydrogen-bond acceptors (Lipinski definition) is 4. The summed E-state index contributed by atoms with van der Waals surface area (Å²) < 4.78 is 6.72. The van der Waals surface area contributed by atoms with Gasteiger partial charge in [-0.05, 0) is 35.0 Å². The zero-order valence-corrected chi connectivity index (χ0v) is 13.3. The number of nitrogens with zero attached hydrogens (tertiary/aromatic N) is 1. The lowest BCUT2D eigenvalue weighted by Gasteiger charge is -2.04. The zero-order valence-electron chi connectivity index (χ0n) is 10.1. The van der Waals surface area contributed by atoms with Crippen LogP contribution in [0, 0.1) is 0 Å². The van der Waals surface area contributed by atoms with Gasteiger partial charge in [-0.3, -0.25) is 0 Å². The molecule has 1 N–H and O–H groups in total. The molecule has 1 aromatic heterocycles. The SMILES string of the molecule is OCc1sc(Oc2ccc3cc(Br)ccc3c2)nc1Cl. The molecule has 0 radical (unpaired) electrons. The highest BCUT2D eigenvalue weighted by Gasteiger charge is 2.10. The van der Waals surface area contributed by atoms with Crippen molar-refractivity contribution in [2.75, 3.05) is 0 Å². The van der Waals surface area contributed by atoms with E-state index in [1.54, 1.807) is 0 Å². The van der Waals surface area contributed by atoms with E-state index in [4.69, 9.17) is 21.4 Å². The van der Waals surface area contributed by atoms with Crippen LogP contribution in [0.1, 0.15) is 4.88 Å². The van der Waals surface area contributed by atoms with E-state index in [9.17, 15) is 0 Å². The van der Waals surface area contributed by atoms with E-state index < -0.39 is 0 Å². The fourth-order valence-electron chi connectivity index (χ4n) is 1.81. The fraction of sp³-hybridized carbons (Fsp3) is 0.0714. The van der Waals surface area contributed by atoms with Crippen molar-refractivity contribution in [3.63, 3.8) is 0 Å². The van der Waals surface area contributed by atoms with E-state index in [1.807, 2.05) is 36.4 Å². The monoisotopic (exact) mass is 369 g/mol. The standard InChI is InChI=1S/C14H9BrClNO2S/c15-10-3-1-9-6-11(4-2-8(9)5-10)19-14-17-13(16)12(7-18)20-14/h1-6,18H,7H2. The molecule has 2 aromatic carbocycles. The molecule has 0 aliphatic rings. The summed E-state index contributed by atoms with van der Waals surface area (Å²) in [5, 5.41) is 12.0. The van der Waals surface area contributed by atoms with Crippen molar-refractivity contribution in [2.24, 2.45) is 0 Å². The van der Waals surface area contributed by atoms with Crippen molar-refractivity contribution in [1.29, 1.82) is 0 Å². The highest BCUT2D eigenvalue weighted by molar-refractivity contribution is 9.10. The van der Waals surface area contributed by atoms with E-state index in [2.05, 4.69) is 20.9 Å². The second-order valence-corrected chi connectivity index (χ2v) is 6.43. The third-order valence-electron chi connectivity index (χ3n) is 2.75. The van der Waals surface area contributed by atoms with Gasteiger partial charge in [0.2, 0.25) is 0 Å². The first-order chi connectivity index (χ1) is 9.65. The molecule has 3 nitrogen and oxygen atoms in total. The number of hydrogen-bond donors (Lipinski definition) is 1. The molecule has 102 valence electrons. The highest BCUT2D eigenvalue weighted by Crippen LogP contribution is 2.33. The van der Waals surface area contributed by atoms with Crippen LogP contribution in [-0.4, -0.2) is 10.1 Å². The molecule has 0 unspecified atom stereocenters. The number of benzene rings is 2. The van der Waals surface area contributed by atoms with Gasteiger partial charge in [-0.25, -0.2) is 0 Å². The average molecular weight is 371 g/mol. The zero-order chi connectivity index (χ0) is 14.1. The van der Waals surface area contributed by atoms with Gasteiger partial charge in [-0.15, -0.1) is 0 Å². The van der Waals surface area contributed by atoms with Crippen LogP contribution >= 0.6 is 38.9 Å². The maximum absolute atomic E-state index is 9.09. The maximum Gasteiger partial charge on any atom is 0.280 e. The predicted octanol–water partition coefficient (Wildman–Crippen LogP) is 5.00. The van der Waals surface area contributed by atoms with E-state index >= 15 is 0 Å². The maximum atomic E-state index is 9.09. The van der Waals surface area contributed by atoms with Gasteiger partial charge in [0, 0.05) is 4.47 Å². The smallest absolute Gasteiger partial charge is 0.280 e. The van der Waals surface area contributed by atoms with E-state index in [1.165, 1.54) is 11.3 Å². The van der Waals surface area contributed by atoms with Crippen molar-refractivity contribution < 1.29 is 9.84 Å². The number of thiazole rings is 1. The van der Waals surface area contributed by atoms with Gasteiger partial charge in [0.25, 0.3) is 5.19 Å². The third-order valence-corrected chi connectivity index (χ3v) is 4.59. The average Bonchev–Trinajstić information content (AvgIpc) is 2.79. The molecule has 0 atom stereocenters. The molecule has 0 saturated carbocycles. The molecule has 6 heteroatoms. The summed E-state index contributed by atoms with van der Waals surface area (Å²) >= 11 is 10.6. The van der Waals surface area contributed by atoms with Crippen LogP contribution in [0.25, 0.3) is 10.8 Å². The first-order valence-corrected chi connectivity index (χ1v) is 7.77. The first kappa shape index (κ1) is 13.8. The lowest BCUT2D eigenvalue weighted by molar-refractivity contribution is 0.285. The summed E-state index contributed by atoms with van der Waals surface area (Å²) in [6.07, 6.45) is 0. The Hall–Kier alpha value is -1.14. The predicted molar refractivity (Wildman–Crippen MR) is 84.8 cm³/mol. The van der Waals surface area contributed by atoms with Gasteiger partial charge in [0.1, 0.15) is 10.9 Å². The highest BCUT2D eigenvalue weighted by atomic mass is 79.9. The summed E-state index contributed by atoms with van der Waals surface area (Å²) in [7, 11) is 0. The van der Waals surface area contributed by atoms with Crippen molar-refractivity contribution in [2.45, 2.75) is 6.61 Å². The molecule has 0 saturated heterocycles. The summed E-state index contributed by atoms with van der Waals surface area (Å²) in [6.45, 7) is -0.133. The topological polar surface area (TPSA) is 42.4 Å². The third kappa shape index (κ3) is 2.81. The van der Waals surface area contributed by atoms with Crippen LogP contribution in [-0.2, 0) is 6.61 Å².